The van der Waals surface area contributed by atoms with Crippen LogP contribution >= 0.6 is 0 Å². The fourth-order valence-electron chi connectivity index (χ4n) is 2.90. The van der Waals surface area contributed by atoms with Gasteiger partial charge < -0.3 is 8.94 Å². The Labute approximate surface area is 130 Å². The number of rotatable bonds is 4. The van der Waals surface area contributed by atoms with Crippen molar-refractivity contribution in [2.24, 2.45) is 0 Å². The van der Waals surface area contributed by atoms with Crippen molar-refractivity contribution in [2.45, 2.75) is 40.3 Å². The summed E-state index contributed by atoms with van der Waals surface area (Å²) in [7, 11) is 0. The van der Waals surface area contributed by atoms with E-state index in [0.29, 0.717) is 11.8 Å². The van der Waals surface area contributed by atoms with Gasteiger partial charge in [-0.05, 0) is 20.8 Å². The zero-order valence-electron chi connectivity index (χ0n) is 13.7. The number of aryl methyl sites for hydroxylation is 3. The minimum Gasteiger partial charge on any atom is -0.424 e. The summed E-state index contributed by atoms with van der Waals surface area (Å²) in [6, 6.07) is 0.169. The van der Waals surface area contributed by atoms with Gasteiger partial charge in [0.05, 0.1) is 11.7 Å². The summed E-state index contributed by atoms with van der Waals surface area (Å²) in [5.74, 6) is 2.25. The van der Waals surface area contributed by atoms with Crippen LogP contribution in [-0.4, -0.2) is 51.3 Å². The summed E-state index contributed by atoms with van der Waals surface area (Å²) in [5, 5.41) is 12.1. The molecule has 1 aliphatic rings. The lowest BCUT2D eigenvalue weighted by molar-refractivity contribution is 0.0867. The minimum atomic E-state index is 0.169. The second-order valence-electron chi connectivity index (χ2n) is 5.95. The lowest BCUT2D eigenvalue weighted by atomic mass is 10.1. The smallest absolute Gasteiger partial charge is 0.233 e. The van der Waals surface area contributed by atoms with Gasteiger partial charge in [0.2, 0.25) is 11.8 Å². The van der Waals surface area contributed by atoms with E-state index in [0.717, 1.165) is 44.2 Å². The molecule has 2 aromatic rings. The van der Waals surface area contributed by atoms with Crippen molar-refractivity contribution in [1.82, 2.24) is 25.2 Å². The SMILES string of the molecule is Cc1nnc(C(C)N2CCN(Cc3c(C)noc3C)CC2)o1. The highest BCUT2D eigenvalue weighted by atomic mass is 16.5. The summed E-state index contributed by atoms with van der Waals surface area (Å²) in [6.07, 6.45) is 0. The Morgan fingerprint density at radius 2 is 1.82 bits per heavy atom. The first-order valence-corrected chi connectivity index (χ1v) is 7.72. The largest absolute Gasteiger partial charge is 0.424 e. The maximum atomic E-state index is 5.54. The molecular weight excluding hydrogens is 282 g/mol. The quantitative estimate of drug-likeness (QED) is 0.853. The normalized spacial score (nSPS) is 18.7. The van der Waals surface area contributed by atoms with Gasteiger partial charge in [0.25, 0.3) is 0 Å². The lowest BCUT2D eigenvalue weighted by Gasteiger charge is -2.36. The van der Waals surface area contributed by atoms with Gasteiger partial charge in [-0.25, -0.2) is 0 Å². The Morgan fingerprint density at radius 1 is 1.09 bits per heavy atom. The van der Waals surface area contributed by atoms with Crippen LogP contribution in [0.5, 0.6) is 0 Å². The highest BCUT2D eigenvalue weighted by Gasteiger charge is 2.26. The predicted octanol–water partition coefficient (Wildman–Crippen LogP) is 1.86. The van der Waals surface area contributed by atoms with Crippen molar-refractivity contribution < 1.29 is 8.94 Å². The molecule has 0 aliphatic carbocycles. The van der Waals surface area contributed by atoms with Crippen LogP contribution in [0.1, 0.15) is 41.8 Å². The van der Waals surface area contributed by atoms with Crippen LogP contribution in [0.4, 0.5) is 0 Å². The molecule has 3 heterocycles. The average molecular weight is 305 g/mol. The number of aromatic nitrogens is 3. The fraction of sp³-hybridized carbons (Fsp3) is 0.667. The van der Waals surface area contributed by atoms with E-state index in [2.05, 4.69) is 32.1 Å². The molecule has 120 valence electrons. The predicted molar refractivity (Wildman–Crippen MR) is 80.3 cm³/mol. The van der Waals surface area contributed by atoms with Crippen LogP contribution in [0.3, 0.4) is 0 Å². The van der Waals surface area contributed by atoms with Crippen LogP contribution in [0.15, 0.2) is 8.94 Å². The second kappa shape index (κ2) is 6.18. The molecule has 0 saturated carbocycles. The van der Waals surface area contributed by atoms with Crippen LogP contribution in [0.25, 0.3) is 0 Å². The van der Waals surface area contributed by atoms with Crippen LogP contribution in [0.2, 0.25) is 0 Å². The molecule has 3 rings (SSSR count). The second-order valence-corrected chi connectivity index (χ2v) is 5.95. The van der Waals surface area contributed by atoms with Gasteiger partial charge in [-0.15, -0.1) is 10.2 Å². The van der Waals surface area contributed by atoms with Gasteiger partial charge in [0.15, 0.2) is 0 Å². The summed E-state index contributed by atoms with van der Waals surface area (Å²) in [4.78, 5) is 4.83. The van der Waals surface area contributed by atoms with E-state index in [1.807, 2.05) is 20.8 Å². The first-order valence-electron chi connectivity index (χ1n) is 7.72. The van der Waals surface area contributed by atoms with Crippen molar-refractivity contribution in [2.75, 3.05) is 26.2 Å². The number of hydrogen-bond acceptors (Lipinski definition) is 7. The molecule has 7 heteroatoms. The Morgan fingerprint density at radius 3 is 2.36 bits per heavy atom. The minimum absolute atomic E-state index is 0.169. The molecule has 1 atom stereocenters. The first kappa shape index (κ1) is 15.2. The molecule has 0 amide bonds. The zero-order valence-corrected chi connectivity index (χ0v) is 13.7. The maximum Gasteiger partial charge on any atom is 0.233 e. The summed E-state index contributed by atoms with van der Waals surface area (Å²) in [5.41, 5.74) is 2.21. The Balaban J connectivity index is 1.56. The van der Waals surface area contributed by atoms with E-state index in [4.69, 9.17) is 8.94 Å². The van der Waals surface area contributed by atoms with E-state index >= 15 is 0 Å². The fourth-order valence-corrected chi connectivity index (χ4v) is 2.90. The average Bonchev–Trinajstić information content (AvgIpc) is 3.08. The molecule has 0 spiro atoms. The van der Waals surface area contributed by atoms with Gasteiger partial charge in [0.1, 0.15) is 5.76 Å². The van der Waals surface area contributed by atoms with Crippen LogP contribution < -0.4 is 0 Å². The molecule has 1 saturated heterocycles. The summed E-state index contributed by atoms with van der Waals surface area (Å²) < 4.78 is 10.8. The zero-order chi connectivity index (χ0) is 15.7. The maximum absolute atomic E-state index is 5.54. The summed E-state index contributed by atoms with van der Waals surface area (Å²) in [6.45, 7) is 12.8. The Hall–Kier alpha value is -1.73. The molecule has 0 aromatic carbocycles. The van der Waals surface area contributed by atoms with E-state index < -0.39 is 0 Å². The number of hydrogen-bond donors (Lipinski definition) is 0. The van der Waals surface area contributed by atoms with Gasteiger partial charge in [-0.2, -0.15) is 0 Å². The molecule has 1 unspecified atom stereocenters. The summed E-state index contributed by atoms with van der Waals surface area (Å²) >= 11 is 0. The molecule has 22 heavy (non-hydrogen) atoms. The third-order valence-electron chi connectivity index (χ3n) is 4.42. The Bertz CT molecular complexity index is 608. The lowest BCUT2D eigenvalue weighted by Crippen LogP contribution is -2.46. The van der Waals surface area contributed by atoms with Crippen molar-refractivity contribution in [3.05, 3.63) is 28.8 Å². The van der Waals surface area contributed by atoms with E-state index in [1.54, 1.807) is 0 Å². The van der Waals surface area contributed by atoms with Crippen molar-refractivity contribution >= 4 is 0 Å². The van der Waals surface area contributed by atoms with Gasteiger partial charge >= 0.3 is 0 Å². The highest BCUT2D eigenvalue weighted by Crippen LogP contribution is 2.22. The standard InChI is InChI=1S/C15H23N5O2/c1-10-14(12(3)22-18-10)9-19-5-7-20(8-6-19)11(2)15-17-16-13(4)21-15/h11H,5-9H2,1-4H3. The van der Waals surface area contributed by atoms with Crippen molar-refractivity contribution in [3.63, 3.8) is 0 Å². The van der Waals surface area contributed by atoms with Gasteiger partial charge in [0, 0.05) is 45.2 Å². The Kier molecular flexibility index (Phi) is 4.26. The topological polar surface area (TPSA) is 71.4 Å². The molecule has 2 aromatic heterocycles. The molecule has 0 radical (unpaired) electrons. The van der Waals surface area contributed by atoms with Gasteiger partial charge in [-0.1, -0.05) is 5.16 Å². The van der Waals surface area contributed by atoms with E-state index in [9.17, 15) is 0 Å². The highest BCUT2D eigenvalue weighted by molar-refractivity contribution is 5.20. The van der Waals surface area contributed by atoms with E-state index in [-0.39, 0.29) is 6.04 Å². The molecule has 0 N–H and O–H groups in total. The molecule has 1 fully saturated rings. The van der Waals surface area contributed by atoms with Gasteiger partial charge in [-0.3, -0.25) is 9.80 Å². The van der Waals surface area contributed by atoms with Crippen LogP contribution in [0, 0.1) is 20.8 Å². The molecule has 1 aliphatic heterocycles. The van der Waals surface area contributed by atoms with Crippen molar-refractivity contribution in [3.8, 4) is 0 Å². The first-order chi connectivity index (χ1) is 10.5. The molecule has 7 nitrogen and oxygen atoms in total. The monoisotopic (exact) mass is 305 g/mol. The van der Waals surface area contributed by atoms with E-state index in [1.165, 1.54) is 5.56 Å². The molecular formula is C15H23N5O2. The van der Waals surface area contributed by atoms with Crippen LogP contribution in [-0.2, 0) is 6.54 Å². The van der Waals surface area contributed by atoms with Crippen molar-refractivity contribution in [1.29, 1.82) is 0 Å². The third-order valence-corrected chi connectivity index (χ3v) is 4.42. The third kappa shape index (κ3) is 3.05. The number of piperazine rings is 1. The number of nitrogens with zero attached hydrogens (tertiary/aromatic N) is 5. The molecule has 0 bridgehead atoms.